The highest BCUT2D eigenvalue weighted by Gasteiger charge is 2.65. The molecule has 0 spiro atoms. The quantitative estimate of drug-likeness (QED) is 0.312. The molecule has 1 aromatic carbocycles. The molecule has 0 bridgehead atoms. The highest BCUT2D eigenvalue weighted by atomic mass is 32.2. The molecule has 0 heterocycles. The molecule has 4 aliphatic carbocycles. The van der Waals surface area contributed by atoms with Gasteiger partial charge in [0.15, 0.2) is 15.4 Å². The van der Waals surface area contributed by atoms with E-state index in [1.165, 1.54) is 0 Å². The van der Waals surface area contributed by atoms with Gasteiger partial charge in [-0.25, -0.2) is 8.42 Å². The van der Waals surface area contributed by atoms with Crippen LogP contribution in [0.2, 0.25) is 0 Å². The van der Waals surface area contributed by atoms with Crippen LogP contribution in [-0.4, -0.2) is 41.8 Å². The lowest BCUT2D eigenvalue weighted by Gasteiger charge is -2.62. The molecule has 2 N–H and O–H groups in total. The largest absolute Gasteiger partial charge is 0.417 e. The van der Waals surface area contributed by atoms with Gasteiger partial charge in [-0.1, -0.05) is 45.9 Å². The first-order chi connectivity index (χ1) is 19.5. The molecule has 10 atom stereocenters. The van der Waals surface area contributed by atoms with E-state index in [9.17, 15) is 31.8 Å². The molecule has 9 unspecified atom stereocenters. The third kappa shape index (κ3) is 5.48. The summed E-state index contributed by atoms with van der Waals surface area (Å²) in [6, 6.07) is 8.60. The van der Waals surface area contributed by atoms with Gasteiger partial charge in [-0.3, -0.25) is 0 Å². The van der Waals surface area contributed by atoms with Gasteiger partial charge in [0.25, 0.3) is 0 Å². The fourth-order valence-corrected chi connectivity index (χ4v) is 12.0. The maximum atomic E-state index is 13.7. The molecule has 0 aliphatic heterocycles. The molecule has 4 nitrogen and oxygen atoms in total. The minimum Gasteiger partial charge on any atom is -0.393 e. The second-order valence-electron chi connectivity index (χ2n) is 15.3. The van der Waals surface area contributed by atoms with E-state index in [-0.39, 0.29) is 41.9 Å². The maximum absolute atomic E-state index is 13.7. The predicted octanol–water partition coefficient (Wildman–Crippen LogP) is 7.97. The summed E-state index contributed by atoms with van der Waals surface area (Å²) in [5, 5.41) is 20.6. The number of rotatable bonds is 8. The summed E-state index contributed by atoms with van der Waals surface area (Å²) >= 11 is 0. The molecule has 4 aliphatic rings. The molecule has 0 radical (unpaired) electrons. The van der Waals surface area contributed by atoms with Crippen molar-refractivity contribution in [2.24, 2.45) is 46.3 Å². The Balaban J connectivity index is 1.30. The summed E-state index contributed by atoms with van der Waals surface area (Å²) in [7, 11) is -3.59. The summed E-state index contributed by atoms with van der Waals surface area (Å²) < 4.78 is 68.6. The van der Waals surface area contributed by atoms with Crippen molar-refractivity contribution >= 4 is 9.84 Å². The highest BCUT2D eigenvalue weighted by molar-refractivity contribution is 7.92. The molecule has 238 valence electrons. The smallest absolute Gasteiger partial charge is 0.393 e. The first-order valence-corrected chi connectivity index (χ1v) is 17.8. The second kappa shape index (κ2) is 11.3. The number of aliphatic hydroxyl groups is 2. The minimum atomic E-state index is -4.58. The van der Waals surface area contributed by atoms with Crippen LogP contribution in [-0.2, 0) is 9.84 Å². The third-order valence-electron chi connectivity index (χ3n) is 13.1. The summed E-state index contributed by atoms with van der Waals surface area (Å²) in [5.74, 6) is 1.66. The number of hydrogen-bond donors (Lipinski definition) is 2. The van der Waals surface area contributed by atoms with E-state index in [0.717, 1.165) is 44.9 Å². The number of alkyl halides is 3. The summed E-state index contributed by atoms with van der Waals surface area (Å²) in [6.45, 7) is 8.44. The van der Waals surface area contributed by atoms with E-state index in [1.807, 2.05) is 19.9 Å². The number of fused-ring (bicyclic) bond motifs is 5. The predicted molar refractivity (Wildman–Crippen MR) is 158 cm³/mol. The van der Waals surface area contributed by atoms with Gasteiger partial charge in [0.05, 0.1) is 16.2 Å². The average Bonchev–Trinajstić information content (AvgIpc) is 3.27. The molecule has 8 heteroatoms. The number of sulfone groups is 1. The molecule has 1 aromatic rings. The third-order valence-corrected chi connectivity index (χ3v) is 15.3. The van der Waals surface area contributed by atoms with Crippen LogP contribution in [0.15, 0.2) is 35.2 Å². The lowest BCUT2D eigenvalue weighted by atomic mass is 9.43. The monoisotopic (exact) mass is 612 g/mol. The molecule has 42 heavy (non-hydrogen) atoms. The number of benzene rings is 1. The molecular formula is C34H51F3O4S. The summed E-state index contributed by atoms with van der Waals surface area (Å²) in [4.78, 5) is 0.317. The number of hydrogen-bond acceptors (Lipinski definition) is 4. The average molecular weight is 613 g/mol. The topological polar surface area (TPSA) is 74.6 Å². The van der Waals surface area contributed by atoms with Gasteiger partial charge in [-0.15, -0.1) is 0 Å². The molecule has 0 saturated heterocycles. The molecule has 0 amide bonds. The fourth-order valence-electron chi connectivity index (χ4n) is 10.2. The van der Waals surface area contributed by atoms with Crippen LogP contribution in [0.1, 0.15) is 105 Å². The molecule has 4 fully saturated rings. The van der Waals surface area contributed by atoms with E-state index in [2.05, 4.69) is 13.8 Å². The Hall–Kier alpha value is -1.12. The van der Waals surface area contributed by atoms with Gasteiger partial charge < -0.3 is 10.2 Å². The zero-order valence-corrected chi connectivity index (χ0v) is 26.6. The SMILES string of the molecule is CC(C)C(O)CC(CCC1CCC2C3CCC4C[C@](O)(C(F)(F)F)CCC4(C)C3CCC12C)S(=O)(=O)c1ccccc1. The normalized spacial score (nSPS) is 40.2. The van der Waals surface area contributed by atoms with Crippen LogP contribution in [0, 0.1) is 46.3 Å². The van der Waals surface area contributed by atoms with Gasteiger partial charge in [-0.05, 0) is 136 Å². The van der Waals surface area contributed by atoms with Crippen molar-refractivity contribution in [2.45, 2.75) is 133 Å². The zero-order valence-electron chi connectivity index (χ0n) is 25.7. The van der Waals surface area contributed by atoms with Gasteiger partial charge in [-0.2, -0.15) is 13.2 Å². The summed E-state index contributed by atoms with van der Waals surface area (Å²) in [5.41, 5.74) is -2.61. The van der Waals surface area contributed by atoms with E-state index in [0.29, 0.717) is 41.4 Å². The second-order valence-corrected chi connectivity index (χ2v) is 17.5. The van der Waals surface area contributed by atoms with Gasteiger partial charge in [0.1, 0.15) is 0 Å². The van der Waals surface area contributed by atoms with E-state index >= 15 is 0 Å². The zero-order chi connectivity index (χ0) is 30.7. The van der Waals surface area contributed by atoms with Crippen LogP contribution >= 0.6 is 0 Å². The van der Waals surface area contributed by atoms with Crippen LogP contribution in [0.25, 0.3) is 0 Å². The molecule has 4 saturated carbocycles. The fraction of sp³-hybridized carbons (Fsp3) is 0.824. The van der Waals surface area contributed by atoms with E-state index in [4.69, 9.17) is 0 Å². The van der Waals surface area contributed by atoms with E-state index in [1.54, 1.807) is 24.3 Å². The van der Waals surface area contributed by atoms with Gasteiger partial charge in [0.2, 0.25) is 0 Å². The van der Waals surface area contributed by atoms with E-state index < -0.39 is 33.0 Å². The van der Waals surface area contributed by atoms with Crippen molar-refractivity contribution in [2.75, 3.05) is 0 Å². The Morgan fingerprint density at radius 3 is 2.24 bits per heavy atom. The number of aliphatic hydroxyl groups excluding tert-OH is 1. The van der Waals surface area contributed by atoms with Crippen LogP contribution < -0.4 is 0 Å². The van der Waals surface area contributed by atoms with Crippen LogP contribution in [0.3, 0.4) is 0 Å². The Kier molecular flexibility index (Phi) is 8.72. The van der Waals surface area contributed by atoms with Crippen molar-refractivity contribution in [1.82, 2.24) is 0 Å². The van der Waals surface area contributed by atoms with Crippen molar-refractivity contribution < 1.29 is 31.8 Å². The standard InChI is InChI=1S/C34H51F3O4S/c1-22(2)30(38)20-26(42(40,41)25-8-6-5-7-9-25)13-10-23-12-15-28-27-14-11-24-21-33(39,34(35,36)37)19-18-32(24,4)29(27)16-17-31(23,28)3/h5-9,22-24,26-30,38-39H,10-21H2,1-4H3/t23?,24?,26?,27?,28?,29?,30?,31?,32?,33-/m0/s1. The Morgan fingerprint density at radius 2 is 1.60 bits per heavy atom. The minimum absolute atomic E-state index is 0.0227. The Morgan fingerprint density at radius 1 is 0.929 bits per heavy atom. The molecule has 5 rings (SSSR count). The Bertz CT molecular complexity index is 1200. The van der Waals surface area contributed by atoms with Crippen LogP contribution in [0.5, 0.6) is 0 Å². The number of halogens is 3. The lowest BCUT2D eigenvalue weighted by molar-refractivity contribution is -0.290. The summed E-state index contributed by atoms with van der Waals surface area (Å²) in [6.07, 6.45) is 2.24. The molecular weight excluding hydrogens is 561 g/mol. The van der Waals surface area contributed by atoms with Crippen molar-refractivity contribution in [3.63, 3.8) is 0 Å². The lowest BCUT2D eigenvalue weighted by Crippen LogP contribution is -2.59. The van der Waals surface area contributed by atoms with Gasteiger partial charge in [0, 0.05) is 0 Å². The van der Waals surface area contributed by atoms with Crippen molar-refractivity contribution in [1.29, 1.82) is 0 Å². The first kappa shape index (κ1) is 32.3. The highest BCUT2D eigenvalue weighted by Crippen LogP contribution is 2.69. The van der Waals surface area contributed by atoms with Crippen molar-refractivity contribution in [3.8, 4) is 0 Å². The molecule has 0 aromatic heterocycles. The maximum Gasteiger partial charge on any atom is 0.417 e. The van der Waals surface area contributed by atoms with Crippen molar-refractivity contribution in [3.05, 3.63) is 30.3 Å². The van der Waals surface area contributed by atoms with Crippen LogP contribution in [0.4, 0.5) is 13.2 Å². The first-order valence-electron chi connectivity index (χ1n) is 16.3. The van der Waals surface area contributed by atoms with Gasteiger partial charge >= 0.3 is 6.18 Å². The Labute approximate surface area is 250 Å².